The van der Waals surface area contributed by atoms with E-state index in [1.54, 1.807) is 0 Å². The summed E-state index contributed by atoms with van der Waals surface area (Å²) in [5.41, 5.74) is 0.390. The van der Waals surface area contributed by atoms with Gasteiger partial charge in [0.05, 0.1) is 11.8 Å². The van der Waals surface area contributed by atoms with Crippen molar-refractivity contribution in [2.45, 2.75) is 25.3 Å². The number of pyridine rings is 1. The predicted octanol–water partition coefficient (Wildman–Crippen LogP) is 0.659. The van der Waals surface area contributed by atoms with Gasteiger partial charge in [-0.3, -0.25) is 9.78 Å². The molecule has 1 unspecified atom stereocenters. The van der Waals surface area contributed by atoms with Gasteiger partial charge in [0, 0.05) is 18.8 Å². The number of carbonyl (C=O) groups excluding carboxylic acids is 1. The van der Waals surface area contributed by atoms with Gasteiger partial charge in [-0.15, -0.1) is 0 Å². The van der Waals surface area contributed by atoms with Crippen molar-refractivity contribution in [1.29, 1.82) is 0 Å². The second-order valence-corrected chi connectivity index (χ2v) is 4.29. The Balaban J connectivity index is 1.84. The fourth-order valence-corrected chi connectivity index (χ4v) is 1.97. The van der Waals surface area contributed by atoms with Crippen LogP contribution < -0.4 is 10.6 Å². The van der Waals surface area contributed by atoms with Crippen LogP contribution in [0.1, 0.15) is 29.6 Å². The van der Waals surface area contributed by atoms with Crippen molar-refractivity contribution in [2.75, 3.05) is 13.1 Å². The lowest BCUT2D eigenvalue weighted by atomic mass is 10.1. The Hall–Kier alpha value is -1.62. The van der Waals surface area contributed by atoms with E-state index in [1.165, 1.54) is 31.3 Å². The molecule has 5 nitrogen and oxygen atoms in total. The van der Waals surface area contributed by atoms with Crippen LogP contribution in [0.3, 0.4) is 0 Å². The smallest absolute Gasteiger partial charge is 0.253 e. The zero-order chi connectivity index (χ0) is 12.1. The SMILES string of the molecule is O=C(NCC1CCCCN1)c1cncc(O)c1. The van der Waals surface area contributed by atoms with Crippen LogP contribution in [0.5, 0.6) is 5.75 Å². The maximum atomic E-state index is 11.7. The van der Waals surface area contributed by atoms with Crippen LogP contribution in [0.25, 0.3) is 0 Å². The van der Waals surface area contributed by atoms with E-state index < -0.39 is 0 Å². The molecule has 17 heavy (non-hydrogen) atoms. The zero-order valence-corrected chi connectivity index (χ0v) is 9.65. The Kier molecular flexibility index (Phi) is 3.93. The van der Waals surface area contributed by atoms with Crippen molar-refractivity contribution < 1.29 is 9.90 Å². The molecule has 92 valence electrons. The van der Waals surface area contributed by atoms with E-state index in [2.05, 4.69) is 15.6 Å². The molecule has 1 aromatic rings. The molecule has 2 heterocycles. The fourth-order valence-electron chi connectivity index (χ4n) is 1.97. The summed E-state index contributed by atoms with van der Waals surface area (Å²) >= 11 is 0. The molecule has 1 atom stereocenters. The normalized spacial score (nSPS) is 19.9. The molecule has 0 spiro atoms. The minimum Gasteiger partial charge on any atom is -0.506 e. The van der Waals surface area contributed by atoms with Crippen molar-refractivity contribution in [3.05, 3.63) is 24.0 Å². The van der Waals surface area contributed by atoms with Gasteiger partial charge in [0.25, 0.3) is 5.91 Å². The van der Waals surface area contributed by atoms with Gasteiger partial charge in [0.1, 0.15) is 5.75 Å². The highest BCUT2D eigenvalue weighted by Crippen LogP contribution is 2.09. The Morgan fingerprint density at radius 2 is 2.41 bits per heavy atom. The van der Waals surface area contributed by atoms with E-state index in [9.17, 15) is 9.90 Å². The predicted molar refractivity (Wildman–Crippen MR) is 63.9 cm³/mol. The molecule has 0 aliphatic carbocycles. The molecule has 0 radical (unpaired) electrons. The number of rotatable bonds is 3. The number of amides is 1. The lowest BCUT2D eigenvalue weighted by Gasteiger charge is -2.23. The minimum absolute atomic E-state index is 0.00782. The Labute approximate surface area is 100 Å². The summed E-state index contributed by atoms with van der Waals surface area (Å²) in [6.45, 7) is 1.64. The third kappa shape index (κ3) is 3.42. The highest BCUT2D eigenvalue weighted by molar-refractivity contribution is 5.94. The number of aromatic hydroxyl groups is 1. The van der Waals surface area contributed by atoms with Crippen molar-refractivity contribution in [1.82, 2.24) is 15.6 Å². The summed E-state index contributed by atoms with van der Waals surface area (Å²) in [6, 6.07) is 1.77. The van der Waals surface area contributed by atoms with E-state index in [0.29, 0.717) is 18.2 Å². The van der Waals surface area contributed by atoms with Crippen LogP contribution in [-0.4, -0.2) is 35.1 Å². The molecule has 1 aromatic heterocycles. The molecule has 2 rings (SSSR count). The summed E-state index contributed by atoms with van der Waals surface area (Å²) in [5.74, 6) is -0.186. The summed E-state index contributed by atoms with van der Waals surface area (Å²) in [6.07, 6.45) is 6.27. The monoisotopic (exact) mass is 235 g/mol. The largest absolute Gasteiger partial charge is 0.506 e. The topological polar surface area (TPSA) is 74.2 Å². The molecule has 0 saturated carbocycles. The second-order valence-electron chi connectivity index (χ2n) is 4.29. The van der Waals surface area contributed by atoms with Crippen LogP contribution in [0.4, 0.5) is 0 Å². The molecule has 1 fully saturated rings. The lowest BCUT2D eigenvalue weighted by molar-refractivity contribution is 0.0947. The average Bonchev–Trinajstić information content (AvgIpc) is 2.37. The third-order valence-corrected chi connectivity index (χ3v) is 2.91. The summed E-state index contributed by atoms with van der Waals surface area (Å²) < 4.78 is 0. The quantitative estimate of drug-likeness (QED) is 0.719. The van der Waals surface area contributed by atoms with Crippen LogP contribution in [0.2, 0.25) is 0 Å². The number of aromatic nitrogens is 1. The molecule has 0 aromatic carbocycles. The van der Waals surface area contributed by atoms with E-state index in [0.717, 1.165) is 13.0 Å². The minimum atomic E-state index is -0.194. The molecule has 5 heteroatoms. The molecule has 1 saturated heterocycles. The molecule has 0 bridgehead atoms. The molecular formula is C12H17N3O2. The van der Waals surface area contributed by atoms with Crippen molar-refractivity contribution >= 4 is 5.91 Å². The molecular weight excluding hydrogens is 218 g/mol. The van der Waals surface area contributed by atoms with E-state index in [4.69, 9.17) is 0 Å². The van der Waals surface area contributed by atoms with E-state index in [1.807, 2.05) is 0 Å². The molecule has 1 aliphatic rings. The van der Waals surface area contributed by atoms with Gasteiger partial charge >= 0.3 is 0 Å². The maximum absolute atomic E-state index is 11.7. The first-order valence-corrected chi connectivity index (χ1v) is 5.91. The van der Waals surface area contributed by atoms with Gasteiger partial charge in [-0.25, -0.2) is 0 Å². The number of nitrogens with one attached hydrogen (secondary N) is 2. The Morgan fingerprint density at radius 1 is 1.53 bits per heavy atom. The highest BCUT2D eigenvalue weighted by atomic mass is 16.3. The Bertz CT molecular complexity index is 389. The van der Waals surface area contributed by atoms with E-state index in [-0.39, 0.29) is 11.7 Å². The molecule has 1 amide bonds. The first-order valence-electron chi connectivity index (χ1n) is 5.91. The number of nitrogens with zero attached hydrogens (tertiary/aromatic N) is 1. The van der Waals surface area contributed by atoms with Gasteiger partial charge in [0.2, 0.25) is 0 Å². The Morgan fingerprint density at radius 3 is 3.12 bits per heavy atom. The molecule has 1 aliphatic heterocycles. The summed E-state index contributed by atoms with van der Waals surface area (Å²) in [4.78, 5) is 15.5. The van der Waals surface area contributed by atoms with Crippen LogP contribution in [-0.2, 0) is 0 Å². The maximum Gasteiger partial charge on any atom is 0.253 e. The zero-order valence-electron chi connectivity index (χ0n) is 9.65. The first-order chi connectivity index (χ1) is 8.25. The fraction of sp³-hybridized carbons (Fsp3) is 0.500. The van der Waals surface area contributed by atoms with Gasteiger partial charge in [-0.1, -0.05) is 6.42 Å². The lowest BCUT2D eigenvalue weighted by Crippen LogP contribution is -2.43. The van der Waals surface area contributed by atoms with Gasteiger partial charge in [0.15, 0.2) is 0 Å². The third-order valence-electron chi connectivity index (χ3n) is 2.91. The number of hydrogen-bond acceptors (Lipinski definition) is 4. The number of piperidine rings is 1. The highest BCUT2D eigenvalue weighted by Gasteiger charge is 2.14. The van der Waals surface area contributed by atoms with E-state index >= 15 is 0 Å². The van der Waals surface area contributed by atoms with Crippen molar-refractivity contribution in [3.8, 4) is 5.75 Å². The van der Waals surface area contributed by atoms with Gasteiger partial charge in [-0.05, 0) is 25.5 Å². The summed E-state index contributed by atoms with van der Waals surface area (Å²) in [5, 5.41) is 15.4. The van der Waals surface area contributed by atoms with Crippen LogP contribution >= 0.6 is 0 Å². The van der Waals surface area contributed by atoms with Gasteiger partial charge < -0.3 is 15.7 Å². The standard InChI is InChI=1S/C12H17N3O2/c16-11-5-9(6-13-8-11)12(17)15-7-10-3-1-2-4-14-10/h5-6,8,10,14,16H,1-4,7H2,(H,15,17). The van der Waals surface area contributed by atoms with Crippen molar-refractivity contribution in [2.24, 2.45) is 0 Å². The number of hydrogen-bond donors (Lipinski definition) is 3. The van der Waals surface area contributed by atoms with Crippen molar-refractivity contribution in [3.63, 3.8) is 0 Å². The number of carbonyl (C=O) groups is 1. The average molecular weight is 235 g/mol. The van der Waals surface area contributed by atoms with Gasteiger partial charge in [-0.2, -0.15) is 0 Å². The first kappa shape index (κ1) is 11.9. The van der Waals surface area contributed by atoms with Crippen LogP contribution in [0, 0.1) is 0 Å². The summed E-state index contributed by atoms with van der Waals surface area (Å²) in [7, 11) is 0. The second kappa shape index (κ2) is 5.63. The van der Waals surface area contributed by atoms with Crippen LogP contribution in [0.15, 0.2) is 18.5 Å². The molecule has 3 N–H and O–H groups in total.